The van der Waals surface area contributed by atoms with Gasteiger partial charge in [-0.05, 0) is 58.9 Å². The Balaban J connectivity index is 1.77. The molecule has 5 heteroatoms. The number of nitrogens with zero attached hydrogens (tertiary/aromatic N) is 1. The molecule has 0 spiro atoms. The lowest BCUT2D eigenvalue weighted by atomic mass is 10.1. The topological polar surface area (TPSA) is 46.6 Å². The number of hydrogen-bond donors (Lipinski definition) is 0. The van der Waals surface area contributed by atoms with Crippen LogP contribution in [-0.2, 0) is 16.0 Å². The summed E-state index contributed by atoms with van der Waals surface area (Å²) in [7, 11) is 0. The molecule has 0 aromatic heterocycles. The van der Waals surface area contributed by atoms with E-state index in [1.54, 1.807) is 4.90 Å². The van der Waals surface area contributed by atoms with E-state index in [0.29, 0.717) is 6.54 Å². The van der Waals surface area contributed by atoms with Gasteiger partial charge in [0, 0.05) is 12.3 Å². The zero-order chi connectivity index (χ0) is 18.4. The number of thioether (sulfide) groups is 1. The summed E-state index contributed by atoms with van der Waals surface area (Å²) < 4.78 is 5.42. The molecule has 25 heavy (non-hydrogen) atoms. The van der Waals surface area contributed by atoms with Crippen molar-refractivity contribution in [1.82, 2.24) is 4.90 Å². The van der Waals surface area contributed by atoms with E-state index in [0.717, 1.165) is 31.4 Å². The predicted octanol–water partition coefficient (Wildman–Crippen LogP) is 4.59. The summed E-state index contributed by atoms with van der Waals surface area (Å²) in [4.78, 5) is 26.4. The highest BCUT2D eigenvalue weighted by Crippen LogP contribution is 2.25. The lowest BCUT2D eigenvalue weighted by Gasteiger charge is -2.27. The minimum absolute atomic E-state index is 0.0901. The fraction of sp³-hybridized carbons (Fsp3) is 0.600. The third-order valence-corrected chi connectivity index (χ3v) is 5.18. The van der Waals surface area contributed by atoms with Crippen LogP contribution in [0.5, 0.6) is 0 Å². The first-order valence-electron chi connectivity index (χ1n) is 8.98. The first-order valence-corrected chi connectivity index (χ1v) is 9.96. The molecule has 1 aromatic rings. The molecule has 4 nitrogen and oxygen atoms in total. The highest BCUT2D eigenvalue weighted by molar-refractivity contribution is 8.13. The molecule has 0 aliphatic carbocycles. The molecule has 2 rings (SSSR count). The highest BCUT2D eigenvalue weighted by Gasteiger charge is 2.36. The molecule has 0 bridgehead atoms. The Labute approximate surface area is 155 Å². The lowest BCUT2D eigenvalue weighted by molar-refractivity contribution is -0.114. The minimum Gasteiger partial charge on any atom is -0.444 e. The molecule has 1 heterocycles. The van der Waals surface area contributed by atoms with E-state index in [2.05, 4.69) is 31.2 Å². The van der Waals surface area contributed by atoms with E-state index in [1.807, 2.05) is 20.8 Å². The Hall–Kier alpha value is -1.49. The summed E-state index contributed by atoms with van der Waals surface area (Å²) in [5, 5.41) is 0.0901. The second-order valence-electron chi connectivity index (χ2n) is 7.59. The Morgan fingerprint density at radius 2 is 1.92 bits per heavy atom. The van der Waals surface area contributed by atoms with E-state index >= 15 is 0 Å². The van der Waals surface area contributed by atoms with Crippen LogP contribution in [0.4, 0.5) is 4.79 Å². The zero-order valence-corrected chi connectivity index (χ0v) is 16.5. The van der Waals surface area contributed by atoms with Crippen LogP contribution in [0.15, 0.2) is 24.3 Å². The van der Waals surface area contributed by atoms with E-state index in [4.69, 9.17) is 4.74 Å². The fourth-order valence-corrected chi connectivity index (χ4v) is 3.78. The molecule has 1 unspecified atom stereocenters. The van der Waals surface area contributed by atoms with Gasteiger partial charge in [-0.3, -0.25) is 9.69 Å². The number of carbonyl (C=O) groups excluding carboxylic acids is 2. The van der Waals surface area contributed by atoms with Gasteiger partial charge in [-0.2, -0.15) is 0 Å². The van der Waals surface area contributed by atoms with Gasteiger partial charge in [0.05, 0.1) is 0 Å². The summed E-state index contributed by atoms with van der Waals surface area (Å²) in [5.41, 5.74) is 2.03. The fourth-order valence-electron chi connectivity index (χ4n) is 2.85. The van der Waals surface area contributed by atoms with Gasteiger partial charge in [0.1, 0.15) is 11.6 Å². The van der Waals surface area contributed by atoms with Gasteiger partial charge in [0.25, 0.3) is 0 Å². The van der Waals surface area contributed by atoms with Gasteiger partial charge in [0.2, 0.25) is 5.12 Å². The molecule has 138 valence electrons. The number of hydrogen-bond acceptors (Lipinski definition) is 4. The van der Waals surface area contributed by atoms with Gasteiger partial charge in [0.15, 0.2) is 0 Å². The molecule has 1 amide bonds. The quantitative estimate of drug-likeness (QED) is 0.718. The Kier molecular flexibility index (Phi) is 6.94. The van der Waals surface area contributed by atoms with Crippen molar-refractivity contribution in [3.63, 3.8) is 0 Å². The van der Waals surface area contributed by atoms with Crippen LogP contribution >= 0.6 is 11.8 Å². The van der Waals surface area contributed by atoms with Crippen LogP contribution in [0.3, 0.4) is 0 Å². The third kappa shape index (κ3) is 6.38. The normalized spacial score (nSPS) is 17.6. The second-order valence-corrected chi connectivity index (χ2v) is 8.69. The maximum absolute atomic E-state index is 12.5. The van der Waals surface area contributed by atoms with Crippen molar-refractivity contribution in [2.45, 2.75) is 65.0 Å². The van der Waals surface area contributed by atoms with Crippen LogP contribution < -0.4 is 0 Å². The number of benzene rings is 1. The maximum Gasteiger partial charge on any atom is 0.410 e. The molecule has 1 atom stereocenters. The number of ether oxygens (including phenoxy) is 1. The summed E-state index contributed by atoms with van der Waals surface area (Å²) >= 11 is 1.35. The number of aryl methyl sites for hydroxylation is 2. The standard InChI is InChI=1S/C20H29NO3S/c1-15-9-11-16(12-10-15)7-6-14-25-18(22)17-8-5-13-21(17)19(23)24-20(2,3)4/h9-12,17H,5-8,13-14H2,1-4H3. The average molecular weight is 364 g/mol. The molecule has 1 fully saturated rings. The number of carbonyl (C=O) groups is 2. The average Bonchev–Trinajstić information content (AvgIpc) is 3.01. The molecule has 0 saturated carbocycles. The second kappa shape index (κ2) is 8.75. The Morgan fingerprint density at radius 3 is 2.56 bits per heavy atom. The van der Waals surface area contributed by atoms with E-state index < -0.39 is 5.60 Å². The summed E-state index contributed by atoms with van der Waals surface area (Å²) in [6.07, 6.45) is 3.16. The first kappa shape index (κ1) is 19.8. The van der Waals surface area contributed by atoms with Gasteiger partial charge in [-0.1, -0.05) is 41.6 Å². The largest absolute Gasteiger partial charge is 0.444 e. The Morgan fingerprint density at radius 1 is 1.24 bits per heavy atom. The SMILES string of the molecule is Cc1ccc(CCCSC(=O)C2CCCN2C(=O)OC(C)(C)C)cc1. The summed E-state index contributed by atoms with van der Waals surface area (Å²) in [6, 6.07) is 8.18. The van der Waals surface area contributed by atoms with E-state index in [-0.39, 0.29) is 17.3 Å². The van der Waals surface area contributed by atoms with Crippen molar-refractivity contribution in [3.8, 4) is 0 Å². The van der Waals surface area contributed by atoms with Crippen LogP contribution in [-0.4, -0.2) is 40.0 Å². The molecule has 1 aliphatic rings. The number of amides is 1. The summed E-state index contributed by atoms with van der Waals surface area (Å²) in [6.45, 7) is 8.22. The monoisotopic (exact) mass is 363 g/mol. The van der Waals surface area contributed by atoms with Gasteiger partial charge >= 0.3 is 6.09 Å². The highest BCUT2D eigenvalue weighted by atomic mass is 32.2. The van der Waals surface area contributed by atoms with Crippen molar-refractivity contribution >= 4 is 23.0 Å². The van der Waals surface area contributed by atoms with Crippen LogP contribution in [0, 0.1) is 6.92 Å². The van der Waals surface area contributed by atoms with Crippen molar-refractivity contribution in [2.75, 3.05) is 12.3 Å². The van der Waals surface area contributed by atoms with Crippen molar-refractivity contribution < 1.29 is 14.3 Å². The van der Waals surface area contributed by atoms with Crippen LogP contribution in [0.1, 0.15) is 51.2 Å². The van der Waals surface area contributed by atoms with Gasteiger partial charge in [-0.25, -0.2) is 4.79 Å². The molecular formula is C20H29NO3S. The molecular weight excluding hydrogens is 334 g/mol. The van der Waals surface area contributed by atoms with Crippen LogP contribution in [0.25, 0.3) is 0 Å². The minimum atomic E-state index is -0.533. The molecule has 1 saturated heterocycles. The molecule has 0 radical (unpaired) electrons. The Bertz CT molecular complexity index is 592. The maximum atomic E-state index is 12.5. The predicted molar refractivity (Wildman–Crippen MR) is 103 cm³/mol. The molecule has 0 N–H and O–H groups in total. The lowest BCUT2D eigenvalue weighted by Crippen LogP contribution is -2.42. The van der Waals surface area contributed by atoms with E-state index in [1.165, 1.54) is 22.9 Å². The van der Waals surface area contributed by atoms with Crippen molar-refractivity contribution in [3.05, 3.63) is 35.4 Å². The first-order chi connectivity index (χ1) is 11.8. The van der Waals surface area contributed by atoms with E-state index in [9.17, 15) is 9.59 Å². The zero-order valence-electron chi connectivity index (χ0n) is 15.7. The number of likely N-dealkylation sites (tertiary alicyclic amines) is 1. The number of rotatable bonds is 5. The molecule has 1 aliphatic heterocycles. The third-order valence-electron chi connectivity index (χ3n) is 4.13. The van der Waals surface area contributed by atoms with Gasteiger partial charge < -0.3 is 4.74 Å². The smallest absolute Gasteiger partial charge is 0.410 e. The van der Waals surface area contributed by atoms with Crippen molar-refractivity contribution in [2.24, 2.45) is 0 Å². The molecule has 1 aromatic carbocycles. The van der Waals surface area contributed by atoms with Crippen LogP contribution in [0.2, 0.25) is 0 Å². The van der Waals surface area contributed by atoms with Crippen molar-refractivity contribution in [1.29, 1.82) is 0 Å². The summed E-state index contributed by atoms with van der Waals surface area (Å²) in [5.74, 6) is 0.783. The van der Waals surface area contributed by atoms with Gasteiger partial charge in [-0.15, -0.1) is 0 Å².